The molecule has 3 nitrogen and oxygen atoms in total. The van der Waals surface area contributed by atoms with Crippen molar-refractivity contribution in [2.45, 2.75) is 70.4 Å². The third kappa shape index (κ3) is 6.78. The van der Waals surface area contributed by atoms with Gasteiger partial charge >= 0.3 is 0 Å². The van der Waals surface area contributed by atoms with Crippen LogP contribution in [0, 0.1) is 11.3 Å². The Morgan fingerprint density at radius 2 is 1.83 bits per heavy atom. The number of benzene rings is 1. The van der Waals surface area contributed by atoms with Gasteiger partial charge < -0.3 is 0 Å². The van der Waals surface area contributed by atoms with Gasteiger partial charge in [-0.15, -0.1) is 0 Å². The lowest BCUT2D eigenvalue weighted by atomic mass is 9.84. The van der Waals surface area contributed by atoms with Crippen LogP contribution in [0.1, 0.15) is 64.9 Å². The van der Waals surface area contributed by atoms with Crippen LogP contribution in [0.4, 0.5) is 0 Å². The first-order valence-corrected chi connectivity index (χ1v) is 8.50. The smallest absolute Gasteiger partial charge is 0.167 e. The zero-order chi connectivity index (χ0) is 17.2. The molecule has 0 amide bonds. The molecule has 23 heavy (non-hydrogen) atoms. The van der Waals surface area contributed by atoms with Crippen LogP contribution in [-0.2, 0) is 0 Å². The van der Waals surface area contributed by atoms with Gasteiger partial charge in [-0.2, -0.15) is 15.5 Å². The quantitative estimate of drug-likeness (QED) is 0.612. The molecule has 1 fully saturated rings. The van der Waals surface area contributed by atoms with E-state index in [1.165, 1.54) is 12.0 Å². The number of nitriles is 1. The zero-order valence-electron chi connectivity index (χ0n) is 14.8. The number of rotatable bonds is 4. The molecular weight excluding hydrogens is 282 g/mol. The van der Waals surface area contributed by atoms with E-state index in [1.807, 2.05) is 36.4 Å². The zero-order valence-corrected chi connectivity index (χ0v) is 14.8. The number of hydrogen-bond acceptors (Lipinski definition) is 3. The fourth-order valence-electron chi connectivity index (χ4n) is 2.26. The van der Waals surface area contributed by atoms with Crippen molar-refractivity contribution in [2.75, 3.05) is 0 Å². The third-order valence-electron chi connectivity index (χ3n) is 4.30. The minimum absolute atomic E-state index is 0.124. The van der Waals surface area contributed by atoms with Gasteiger partial charge in [0.25, 0.3) is 0 Å². The molecule has 0 heterocycles. The lowest BCUT2D eigenvalue weighted by Gasteiger charge is -2.26. The van der Waals surface area contributed by atoms with E-state index in [0.29, 0.717) is 0 Å². The highest BCUT2D eigenvalue weighted by Gasteiger charge is 2.32. The van der Waals surface area contributed by atoms with Crippen LogP contribution < -0.4 is 0 Å². The SMILES string of the molecule is C=Cc1ccccc1.CCC(C)(C)/N=N/C1(C#N)CCCCC1. The summed E-state index contributed by atoms with van der Waals surface area (Å²) >= 11 is 0. The fourth-order valence-corrected chi connectivity index (χ4v) is 2.26. The van der Waals surface area contributed by atoms with Gasteiger partial charge in [0.15, 0.2) is 5.54 Å². The highest BCUT2D eigenvalue weighted by molar-refractivity contribution is 5.45. The average Bonchev–Trinajstić information content (AvgIpc) is 2.62. The van der Waals surface area contributed by atoms with Crippen LogP contribution >= 0.6 is 0 Å². The summed E-state index contributed by atoms with van der Waals surface area (Å²) < 4.78 is 0. The molecule has 1 aliphatic rings. The lowest BCUT2D eigenvalue weighted by molar-refractivity contribution is 0.335. The summed E-state index contributed by atoms with van der Waals surface area (Å²) in [5.74, 6) is 0. The predicted molar refractivity (Wildman–Crippen MR) is 97.2 cm³/mol. The van der Waals surface area contributed by atoms with Gasteiger partial charge in [-0.3, -0.25) is 0 Å². The van der Waals surface area contributed by atoms with Gasteiger partial charge in [0.1, 0.15) is 0 Å². The summed E-state index contributed by atoms with van der Waals surface area (Å²) in [6.45, 7) is 9.85. The van der Waals surface area contributed by atoms with Crippen molar-refractivity contribution in [2.24, 2.45) is 10.2 Å². The van der Waals surface area contributed by atoms with Crippen molar-refractivity contribution in [1.82, 2.24) is 0 Å². The van der Waals surface area contributed by atoms with Gasteiger partial charge in [-0.05, 0) is 51.5 Å². The largest absolute Gasteiger partial charge is 0.196 e. The van der Waals surface area contributed by atoms with Crippen LogP contribution in [0.25, 0.3) is 6.08 Å². The fraction of sp³-hybridized carbons (Fsp3) is 0.550. The molecule has 0 bridgehead atoms. The van der Waals surface area contributed by atoms with E-state index in [4.69, 9.17) is 0 Å². The minimum atomic E-state index is -0.509. The maximum Gasteiger partial charge on any atom is 0.167 e. The molecule has 1 aromatic rings. The molecule has 0 aliphatic heterocycles. The Kier molecular flexibility index (Phi) is 7.68. The second-order valence-corrected chi connectivity index (χ2v) is 6.68. The Hall–Kier alpha value is -1.95. The first kappa shape index (κ1) is 19.1. The molecule has 1 aromatic carbocycles. The van der Waals surface area contributed by atoms with Gasteiger partial charge in [-0.1, -0.05) is 56.3 Å². The van der Waals surface area contributed by atoms with Crippen molar-refractivity contribution in [3.05, 3.63) is 42.5 Å². The first-order valence-electron chi connectivity index (χ1n) is 8.50. The second kappa shape index (κ2) is 9.25. The van der Waals surface area contributed by atoms with E-state index >= 15 is 0 Å². The van der Waals surface area contributed by atoms with Crippen LogP contribution in [0.15, 0.2) is 47.1 Å². The second-order valence-electron chi connectivity index (χ2n) is 6.68. The Labute approximate surface area is 141 Å². The molecule has 0 aromatic heterocycles. The van der Waals surface area contributed by atoms with Crippen LogP contribution in [0.5, 0.6) is 0 Å². The molecule has 0 saturated heterocycles. The van der Waals surface area contributed by atoms with Crippen LogP contribution in [0.3, 0.4) is 0 Å². The van der Waals surface area contributed by atoms with Crippen molar-refractivity contribution < 1.29 is 0 Å². The summed E-state index contributed by atoms with van der Waals surface area (Å²) in [6, 6.07) is 12.4. The average molecular weight is 311 g/mol. The van der Waals surface area contributed by atoms with Crippen molar-refractivity contribution in [3.8, 4) is 6.07 Å². The standard InChI is InChI=1S/C12H21N3.C8H8/c1-4-11(2,3)14-15-12(10-13)8-6-5-7-9-12;1-2-8-6-4-3-5-7-8/h4-9H2,1-3H3;2-7H,1H2/b15-14+;. The Bertz CT molecular complexity index is 532. The molecular formula is C20H29N3. The molecule has 1 saturated carbocycles. The summed E-state index contributed by atoms with van der Waals surface area (Å²) in [5.41, 5.74) is 0.541. The third-order valence-corrected chi connectivity index (χ3v) is 4.30. The predicted octanol–water partition coefficient (Wildman–Crippen LogP) is 6.18. The number of hydrogen-bond donors (Lipinski definition) is 0. The highest BCUT2D eigenvalue weighted by Crippen LogP contribution is 2.32. The first-order chi connectivity index (χ1) is 11.0. The Morgan fingerprint density at radius 3 is 2.26 bits per heavy atom. The number of azo groups is 1. The monoisotopic (exact) mass is 311 g/mol. The van der Waals surface area contributed by atoms with E-state index in [0.717, 1.165) is 32.1 Å². The number of nitrogens with zero attached hydrogens (tertiary/aromatic N) is 3. The lowest BCUT2D eigenvalue weighted by Crippen LogP contribution is -2.28. The topological polar surface area (TPSA) is 48.5 Å². The molecule has 0 atom stereocenters. The molecule has 2 rings (SSSR count). The molecule has 3 heteroatoms. The maximum absolute atomic E-state index is 9.21. The maximum atomic E-state index is 9.21. The van der Waals surface area contributed by atoms with Crippen LogP contribution in [0.2, 0.25) is 0 Å². The molecule has 124 valence electrons. The molecule has 0 radical (unpaired) electrons. The van der Waals surface area contributed by atoms with Crippen molar-refractivity contribution >= 4 is 6.08 Å². The molecule has 0 spiro atoms. The summed E-state index contributed by atoms with van der Waals surface area (Å²) in [6.07, 6.45) is 8.01. The summed E-state index contributed by atoms with van der Waals surface area (Å²) in [5, 5.41) is 17.9. The van der Waals surface area contributed by atoms with Gasteiger partial charge in [0.05, 0.1) is 11.6 Å². The Balaban J connectivity index is 0.000000277. The van der Waals surface area contributed by atoms with E-state index in [-0.39, 0.29) is 5.54 Å². The van der Waals surface area contributed by atoms with Gasteiger partial charge in [-0.25, -0.2) is 0 Å². The minimum Gasteiger partial charge on any atom is -0.196 e. The normalized spacial score (nSPS) is 17.0. The summed E-state index contributed by atoms with van der Waals surface area (Å²) in [4.78, 5) is 0. The van der Waals surface area contributed by atoms with Crippen molar-refractivity contribution in [1.29, 1.82) is 5.26 Å². The van der Waals surface area contributed by atoms with Gasteiger partial charge in [0.2, 0.25) is 0 Å². The van der Waals surface area contributed by atoms with Gasteiger partial charge in [0, 0.05) is 0 Å². The molecule has 1 aliphatic carbocycles. The van der Waals surface area contributed by atoms with E-state index in [9.17, 15) is 5.26 Å². The summed E-state index contributed by atoms with van der Waals surface area (Å²) in [7, 11) is 0. The van der Waals surface area contributed by atoms with Crippen LogP contribution in [-0.4, -0.2) is 11.1 Å². The van der Waals surface area contributed by atoms with E-state index in [2.05, 4.69) is 43.6 Å². The van der Waals surface area contributed by atoms with E-state index < -0.39 is 5.54 Å². The van der Waals surface area contributed by atoms with E-state index in [1.54, 1.807) is 0 Å². The Morgan fingerprint density at radius 1 is 1.22 bits per heavy atom. The van der Waals surface area contributed by atoms with Crippen molar-refractivity contribution in [3.63, 3.8) is 0 Å². The molecule has 0 N–H and O–H groups in total. The molecule has 0 unspecified atom stereocenters. The highest BCUT2D eigenvalue weighted by atomic mass is 15.2.